The highest BCUT2D eigenvalue weighted by atomic mass is 16.6. The van der Waals surface area contributed by atoms with E-state index in [-0.39, 0.29) is 6.61 Å². The average Bonchev–Trinajstić information content (AvgIpc) is 2.99. The summed E-state index contributed by atoms with van der Waals surface area (Å²) in [6, 6.07) is 19.3. The zero-order valence-corrected chi connectivity index (χ0v) is 15.5. The van der Waals surface area contributed by atoms with Crippen molar-refractivity contribution in [3.63, 3.8) is 0 Å². The number of carbonyl (C=O) groups excluding carboxylic acids is 1. The second-order valence-electron chi connectivity index (χ2n) is 5.99. The van der Waals surface area contributed by atoms with Crippen molar-refractivity contribution in [3.05, 3.63) is 83.7 Å². The number of carbonyl (C=O) groups is 1. The summed E-state index contributed by atoms with van der Waals surface area (Å²) in [5.74, 6) is 0.349. The Morgan fingerprint density at radius 3 is 2.37 bits per heavy atom. The molecule has 0 fully saturated rings. The van der Waals surface area contributed by atoms with E-state index < -0.39 is 5.97 Å². The van der Waals surface area contributed by atoms with Crippen molar-refractivity contribution in [2.75, 3.05) is 13.2 Å². The van der Waals surface area contributed by atoms with Crippen LogP contribution in [0.1, 0.15) is 17.0 Å². The second-order valence-corrected chi connectivity index (χ2v) is 5.99. The molecule has 0 atom stereocenters. The molecule has 0 aliphatic carbocycles. The van der Waals surface area contributed by atoms with Crippen LogP contribution in [0.15, 0.2) is 66.7 Å². The van der Waals surface area contributed by atoms with Crippen LogP contribution in [0.25, 0.3) is 11.8 Å². The third kappa shape index (κ3) is 4.85. The van der Waals surface area contributed by atoms with Gasteiger partial charge >= 0.3 is 5.97 Å². The number of nitrogens with zero attached hydrogens (tertiary/aromatic N) is 2. The highest BCUT2D eigenvalue weighted by Crippen LogP contribution is 2.19. The zero-order chi connectivity index (χ0) is 19.1. The van der Waals surface area contributed by atoms with Crippen LogP contribution in [-0.2, 0) is 9.53 Å². The predicted octanol–water partition coefficient (Wildman–Crippen LogP) is 4.12. The van der Waals surface area contributed by atoms with Crippen molar-refractivity contribution in [2.45, 2.75) is 13.8 Å². The Labute approximate surface area is 158 Å². The van der Waals surface area contributed by atoms with E-state index in [1.165, 1.54) is 6.08 Å². The summed E-state index contributed by atoms with van der Waals surface area (Å²) < 4.78 is 12.5. The van der Waals surface area contributed by atoms with Crippen LogP contribution in [0.5, 0.6) is 5.75 Å². The van der Waals surface area contributed by atoms with Crippen LogP contribution < -0.4 is 4.74 Å². The fraction of sp³-hybridized carbons (Fsp3) is 0.182. The molecule has 1 aromatic heterocycles. The molecule has 1 heterocycles. The summed E-state index contributed by atoms with van der Waals surface area (Å²) >= 11 is 0. The lowest BCUT2D eigenvalue weighted by atomic mass is 10.2. The van der Waals surface area contributed by atoms with Gasteiger partial charge in [0.2, 0.25) is 0 Å². The Morgan fingerprint density at radius 2 is 1.67 bits per heavy atom. The van der Waals surface area contributed by atoms with E-state index in [1.54, 1.807) is 6.08 Å². The molecule has 5 nitrogen and oxygen atoms in total. The number of para-hydroxylation sites is 2. The van der Waals surface area contributed by atoms with Crippen molar-refractivity contribution >= 4 is 12.0 Å². The van der Waals surface area contributed by atoms with E-state index in [2.05, 4.69) is 5.10 Å². The number of aromatic nitrogens is 2. The Kier molecular flexibility index (Phi) is 6.05. The van der Waals surface area contributed by atoms with Crippen molar-refractivity contribution in [1.82, 2.24) is 9.78 Å². The maximum atomic E-state index is 11.9. The quantitative estimate of drug-likeness (QED) is 0.360. The molecule has 0 unspecified atom stereocenters. The summed E-state index contributed by atoms with van der Waals surface area (Å²) in [5.41, 5.74) is 3.72. The molecule has 2 aromatic carbocycles. The summed E-state index contributed by atoms with van der Waals surface area (Å²) in [6.45, 7) is 4.41. The molecule has 5 heteroatoms. The Bertz CT molecular complexity index is 915. The van der Waals surface area contributed by atoms with Gasteiger partial charge in [-0.1, -0.05) is 36.4 Å². The third-order valence-corrected chi connectivity index (χ3v) is 4.07. The van der Waals surface area contributed by atoms with Crippen LogP contribution in [0.4, 0.5) is 0 Å². The summed E-state index contributed by atoms with van der Waals surface area (Å²) in [5, 5.41) is 4.56. The van der Waals surface area contributed by atoms with Gasteiger partial charge in [0.1, 0.15) is 19.0 Å². The number of aryl methyl sites for hydroxylation is 1. The van der Waals surface area contributed by atoms with Crippen molar-refractivity contribution in [2.24, 2.45) is 0 Å². The average molecular weight is 362 g/mol. The molecule has 138 valence electrons. The molecule has 27 heavy (non-hydrogen) atoms. The number of hydrogen-bond donors (Lipinski definition) is 0. The maximum absolute atomic E-state index is 11.9. The lowest BCUT2D eigenvalue weighted by molar-refractivity contribution is -0.138. The van der Waals surface area contributed by atoms with Gasteiger partial charge in [-0.15, -0.1) is 0 Å². The fourth-order valence-corrected chi connectivity index (χ4v) is 2.73. The smallest absolute Gasteiger partial charge is 0.330 e. The monoisotopic (exact) mass is 362 g/mol. The largest absolute Gasteiger partial charge is 0.490 e. The van der Waals surface area contributed by atoms with Gasteiger partial charge in [0, 0.05) is 17.3 Å². The molecular formula is C22H22N2O3. The molecule has 0 spiro atoms. The Balaban J connectivity index is 1.56. The van der Waals surface area contributed by atoms with Gasteiger partial charge in [-0.3, -0.25) is 0 Å². The molecule has 0 amide bonds. The molecule has 3 rings (SSSR count). The van der Waals surface area contributed by atoms with Gasteiger partial charge in [0.05, 0.1) is 11.4 Å². The molecular weight excluding hydrogens is 340 g/mol. The lowest BCUT2D eigenvalue weighted by Crippen LogP contribution is -2.10. The first kappa shape index (κ1) is 18.5. The van der Waals surface area contributed by atoms with Gasteiger partial charge < -0.3 is 9.47 Å². The van der Waals surface area contributed by atoms with E-state index >= 15 is 0 Å². The van der Waals surface area contributed by atoms with E-state index in [1.807, 2.05) is 79.2 Å². The Morgan fingerprint density at radius 1 is 1.00 bits per heavy atom. The zero-order valence-electron chi connectivity index (χ0n) is 15.5. The van der Waals surface area contributed by atoms with Gasteiger partial charge in [0.25, 0.3) is 0 Å². The van der Waals surface area contributed by atoms with Gasteiger partial charge in [-0.2, -0.15) is 5.10 Å². The van der Waals surface area contributed by atoms with Crippen molar-refractivity contribution in [3.8, 4) is 11.4 Å². The maximum Gasteiger partial charge on any atom is 0.330 e. The van der Waals surface area contributed by atoms with Crippen LogP contribution >= 0.6 is 0 Å². The normalized spacial score (nSPS) is 10.9. The number of rotatable bonds is 7. The molecule has 0 saturated heterocycles. The number of benzene rings is 2. The third-order valence-electron chi connectivity index (χ3n) is 4.07. The first-order valence-electron chi connectivity index (χ1n) is 8.79. The SMILES string of the molecule is Cc1nn(-c2ccccc2)c(C)c1C=CC(=O)OCCOc1ccccc1. The van der Waals surface area contributed by atoms with Crippen LogP contribution in [0.2, 0.25) is 0 Å². The fourth-order valence-electron chi connectivity index (χ4n) is 2.73. The highest BCUT2D eigenvalue weighted by Gasteiger charge is 2.10. The standard InChI is InChI=1S/C22H22N2O3/c1-17-21(18(2)24(23-17)19-9-5-3-6-10-19)13-14-22(25)27-16-15-26-20-11-7-4-8-12-20/h3-14H,15-16H2,1-2H3. The first-order chi connectivity index (χ1) is 13.1. The molecule has 0 bridgehead atoms. The molecule has 0 aliphatic heterocycles. The summed E-state index contributed by atoms with van der Waals surface area (Å²) in [6.07, 6.45) is 3.17. The minimum absolute atomic E-state index is 0.194. The number of esters is 1. The molecule has 0 saturated carbocycles. The van der Waals surface area contributed by atoms with E-state index in [9.17, 15) is 4.79 Å². The number of hydrogen-bond acceptors (Lipinski definition) is 4. The van der Waals surface area contributed by atoms with Gasteiger partial charge in [-0.25, -0.2) is 9.48 Å². The van der Waals surface area contributed by atoms with E-state index in [0.717, 1.165) is 28.4 Å². The van der Waals surface area contributed by atoms with Crippen LogP contribution in [0, 0.1) is 13.8 Å². The predicted molar refractivity (Wildman–Crippen MR) is 105 cm³/mol. The summed E-state index contributed by atoms with van der Waals surface area (Å²) in [4.78, 5) is 11.9. The summed E-state index contributed by atoms with van der Waals surface area (Å²) in [7, 11) is 0. The highest BCUT2D eigenvalue weighted by molar-refractivity contribution is 5.87. The first-order valence-corrected chi connectivity index (χ1v) is 8.79. The molecule has 3 aromatic rings. The lowest BCUT2D eigenvalue weighted by Gasteiger charge is -2.05. The topological polar surface area (TPSA) is 53.4 Å². The van der Waals surface area contributed by atoms with Crippen molar-refractivity contribution in [1.29, 1.82) is 0 Å². The molecule has 0 radical (unpaired) electrons. The Hall–Kier alpha value is -3.34. The van der Waals surface area contributed by atoms with Gasteiger partial charge in [0.15, 0.2) is 0 Å². The minimum Gasteiger partial charge on any atom is -0.490 e. The number of ether oxygens (including phenoxy) is 2. The molecule has 0 N–H and O–H groups in total. The molecule has 0 aliphatic rings. The minimum atomic E-state index is -0.405. The van der Waals surface area contributed by atoms with Crippen LogP contribution in [-0.4, -0.2) is 29.0 Å². The van der Waals surface area contributed by atoms with E-state index in [4.69, 9.17) is 9.47 Å². The van der Waals surface area contributed by atoms with E-state index in [0.29, 0.717) is 6.61 Å². The second kappa shape index (κ2) is 8.85. The van der Waals surface area contributed by atoms with Gasteiger partial charge in [-0.05, 0) is 44.2 Å². The van der Waals surface area contributed by atoms with Crippen molar-refractivity contribution < 1.29 is 14.3 Å². The van der Waals surface area contributed by atoms with Crippen LogP contribution in [0.3, 0.4) is 0 Å².